The second-order valence-corrected chi connectivity index (χ2v) is 6.29. The highest BCUT2D eigenvalue weighted by Gasteiger charge is 2.21. The Balaban J connectivity index is 1.53. The van der Waals surface area contributed by atoms with Gasteiger partial charge in [-0.05, 0) is 42.8 Å². The summed E-state index contributed by atoms with van der Waals surface area (Å²) in [5.41, 5.74) is 1.08. The zero-order valence-corrected chi connectivity index (χ0v) is 14.5. The molecule has 3 rings (SSSR count). The van der Waals surface area contributed by atoms with Crippen LogP contribution in [0.2, 0.25) is 0 Å². The Hall–Kier alpha value is -3.09. The summed E-state index contributed by atoms with van der Waals surface area (Å²) in [7, 11) is 0. The first-order chi connectivity index (χ1) is 12.9. The smallest absolute Gasteiger partial charge is 0.227 e. The van der Waals surface area contributed by atoms with Crippen LogP contribution in [0.25, 0.3) is 0 Å². The number of nitrogens with one attached hydrogen (secondary N) is 1. The van der Waals surface area contributed by atoms with Crippen molar-refractivity contribution in [2.45, 2.75) is 25.7 Å². The van der Waals surface area contributed by atoms with Gasteiger partial charge in [-0.1, -0.05) is 0 Å². The highest BCUT2D eigenvalue weighted by Crippen LogP contribution is 2.23. The Bertz CT molecular complexity index is 881. The molecule has 7 heteroatoms. The summed E-state index contributed by atoms with van der Waals surface area (Å²) >= 11 is 0. The molecular formula is C20H18F2N2O3. The van der Waals surface area contributed by atoms with E-state index < -0.39 is 23.3 Å². The molecule has 2 aromatic carbocycles. The van der Waals surface area contributed by atoms with Crippen molar-refractivity contribution < 1.29 is 23.2 Å². The molecule has 2 amide bonds. The van der Waals surface area contributed by atoms with Gasteiger partial charge in [0.2, 0.25) is 11.8 Å². The number of carbonyl (C=O) groups is 3. The van der Waals surface area contributed by atoms with E-state index in [1.165, 1.54) is 0 Å². The van der Waals surface area contributed by atoms with Gasteiger partial charge < -0.3 is 10.2 Å². The van der Waals surface area contributed by atoms with Gasteiger partial charge in [0.05, 0.1) is 5.56 Å². The molecule has 2 aromatic rings. The third-order valence-electron chi connectivity index (χ3n) is 4.35. The second kappa shape index (κ2) is 8.07. The number of anilines is 2. The minimum Gasteiger partial charge on any atom is -0.326 e. The van der Waals surface area contributed by atoms with E-state index in [9.17, 15) is 23.2 Å². The molecule has 140 valence electrons. The molecule has 0 radical (unpaired) electrons. The largest absolute Gasteiger partial charge is 0.326 e. The first-order valence-electron chi connectivity index (χ1n) is 8.62. The minimum atomic E-state index is -0.938. The Morgan fingerprint density at radius 1 is 1.04 bits per heavy atom. The number of Topliss-reactive ketones (excluding diaryl/α,β-unsaturated/α-hetero) is 1. The van der Waals surface area contributed by atoms with Crippen molar-refractivity contribution >= 4 is 29.0 Å². The number of amides is 2. The van der Waals surface area contributed by atoms with E-state index in [-0.39, 0.29) is 24.3 Å². The number of ketones is 1. The summed E-state index contributed by atoms with van der Waals surface area (Å²) in [6, 6.07) is 9.57. The van der Waals surface area contributed by atoms with Crippen molar-refractivity contribution in [1.29, 1.82) is 0 Å². The maximum atomic E-state index is 13.6. The standard InChI is InChI=1S/C20H18F2N2O3/c21-13-3-8-16(17(22)12-13)18(25)9-10-19(26)23-14-4-6-15(7-5-14)24-11-1-2-20(24)27/h3-8,12H,1-2,9-11H2,(H,23,26). The van der Waals surface area contributed by atoms with Gasteiger partial charge in [0.15, 0.2) is 5.78 Å². The van der Waals surface area contributed by atoms with Crippen molar-refractivity contribution in [2.75, 3.05) is 16.8 Å². The quantitative estimate of drug-likeness (QED) is 0.787. The third kappa shape index (κ3) is 4.55. The molecule has 0 aromatic heterocycles. The normalized spacial score (nSPS) is 13.7. The van der Waals surface area contributed by atoms with E-state index in [1.807, 2.05) is 0 Å². The molecule has 0 aliphatic carbocycles. The Labute approximate surface area is 155 Å². The predicted molar refractivity (Wildman–Crippen MR) is 96.6 cm³/mol. The van der Waals surface area contributed by atoms with Gasteiger partial charge >= 0.3 is 0 Å². The highest BCUT2D eigenvalue weighted by atomic mass is 19.1. The summed E-state index contributed by atoms with van der Waals surface area (Å²) in [5, 5.41) is 2.65. The number of benzene rings is 2. The summed E-state index contributed by atoms with van der Waals surface area (Å²) < 4.78 is 26.5. The minimum absolute atomic E-state index is 0.0818. The van der Waals surface area contributed by atoms with Crippen molar-refractivity contribution in [2.24, 2.45) is 0 Å². The molecule has 0 atom stereocenters. The van der Waals surface area contributed by atoms with E-state index in [0.29, 0.717) is 24.7 Å². The van der Waals surface area contributed by atoms with Gasteiger partial charge in [-0.3, -0.25) is 14.4 Å². The Kier molecular flexibility index (Phi) is 5.59. The predicted octanol–water partition coefficient (Wildman–Crippen LogP) is 3.69. The Morgan fingerprint density at radius 2 is 1.78 bits per heavy atom. The Morgan fingerprint density at radius 3 is 2.41 bits per heavy atom. The van der Waals surface area contributed by atoms with Crippen molar-refractivity contribution in [1.82, 2.24) is 0 Å². The van der Waals surface area contributed by atoms with Crippen LogP contribution in [0.15, 0.2) is 42.5 Å². The van der Waals surface area contributed by atoms with Crippen LogP contribution in [-0.4, -0.2) is 24.1 Å². The first-order valence-corrected chi connectivity index (χ1v) is 8.62. The highest BCUT2D eigenvalue weighted by molar-refractivity contribution is 6.00. The van der Waals surface area contributed by atoms with Crippen LogP contribution >= 0.6 is 0 Å². The topological polar surface area (TPSA) is 66.5 Å². The molecule has 0 unspecified atom stereocenters. The SMILES string of the molecule is O=C(CCC(=O)c1ccc(F)cc1F)Nc1ccc(N2CCCC2=O)cc1. The van der Waals surface area contributed by atoms with Crippen LogP contribution in [0.4, 0.5) is 20.2 Å². The average Bonchev–Trinajstić information content (AvgIpc) is 3.06. The van der Waals surface area contributed by atoms with E-state index in [2.05, 4.69) is 5.32 Å². The first kappa shape index (κ1) is 18.7. The summed E-state index contributed by atoms with van der Waals surface area (Å²) in [4.78, 5) is 37.4. The molecule has 0 bridgehead atoms. The lowest BCUT2D eigenvalue weighted by Crippen LogP contribution is -2.23. The maximum Gasteiger partial charge on any atom is 0.227 e. The fourth-order valence-electron chi connectivity index (χ4n) is 2.95. The molecule has 1 N–H and O–H groups in total. The number of hydrogen-bond donors (Lipinski definition) is 1. The van der Waals surface area contributed by atoms with Crippen LogP contribution in [0.1, 0.15) is 36.0 Å². The molecule has 1 aliphatic rings. The molecule has 1 saturated heterocycles. The maximum absolute atomic E-state index is 13.6. The van der Waals surface area contributed by atoms with Crippen molar-refractivity contribution in [3.05, 3.63) is 59.7 Å². The molecule has 5 nitrogen and oxygen atoms in total. The van der Waals surface area contributed by atoms with Crippen LogP contribution in [0.3, 0.4) is 0 Å². The summed E-state index contributed by atoms with van der Waals surface area (Å²) in [6.07, 6.45) is 1.07. The zero-order valence-electron chi connectivity index (χ0n) is 14.5. The van der Waals surface area contributed by atoms with Crippen LogP contribution in [0, 0.1) is 11.6 Å². The van der Waals surface area contributed by atoms with Crippen LogP contribution in [0.5, 0.6) is 0 Å². The average molecular weight is 372 g/mol. The molecule has 27 heavy (non-hydrogen) atoms. The van der Waals surface area contributed by atoms with Gasteiger partial charge in [0.1, 0.15) is 11.6 Å². The van der Waals surface area contributed by atoms with Gasteiger partial charge in [-0.25, -0.2) is 8.78 Å². The number of nitrogens with zero attached hydrogens (tertiary/aromatic N) is 1. The fraction of sp³-hybridized carbons (Fsp3) is 0.250. The fourth-order valence-corrected chi connectivity index (χ4v) is 2.95. The van der Waals surface area contributed by atoms with Crippen molar-refractivity contribution in [3.63, 3.8) is 0 Å². The number of rotatable bonds is 6. The van der Waals surface area contributed by atoms with E-state index in [4.69, 9.17) is 0 Å². The van der Waals surface area contributed by atoms with Gasteiger partial charge in [-0.15, -0.1) is 0 Å². The molecule has 0 saturated carbocycles. The number of carbonyl (C=O) groups excluding carboxylic acids is 3. The van der Waals surface area contributed by atoms with Gasteiger partial charge in [0, 0.05) is 43.2 Å². The van der Waals surface area contributed by atoms with Crippen LogP contribution in [-0.2, 0) is 9.59 Å². The lowest BCUT2D eigenvalue weighted by Gasteiger charge is -2.16. The van der Waals surface area contributed by atoms with E-state index >= 15 is 0 Å². The second-order valence-electron chi connectivity index (χ2n) is 6.29. The van der Waals surface area contributed by atoms with E-state index in [0.717, 1.165) is 24.2 Å². The summed E-state index contributed by atoms with van der Waals surface area (Å²) in [6.45, 7) is 0.687. The molecule has 1 aliphatic heterocycles. The third-order valence-corrected chi connectivity index (χ3v) is 4.35. The van der Waals surface area contributed by atoms with Crippen LogP contribution < -0.4 is 10.2 Å². The van der Waals surface area contributed by atoms with Crippen molar-refractivity contribution in [3.8, 4) is 0 Å². The summed E-state index contributed by atoms with van der Waals surface area (Å²) in [5.74, 6) is -2.58. The molecule has 0 spiro atoms. The lowest BCUT2D eigenvalue weighted by atomic mass is 10.1. The van der Waals surface area contributed by atoms with Gasteiger partial charge in [-0.2, -0.15) is 0 Å². The van der Waals surface area contributed by atoms with E-state index in [1.54, 1.807) is 29.2 Å². The zero-order chi connectivity index (χ0) is 19.4. The van der Waals surface area contributed by atoms with Gasteiger partial charge in [0.25, 0.3) is 0 Å². The monoisotopic (exact) mass is 372 g/mol. The number of halogens is 2. The molecular weight excluding hydrogens is 354 g/mol. The lowest BCUT2D eigenvalue weighted by molar-refractivity contribution is -0.117. The number of hydrogen-bond acceptors (Lipinski definition) is 3. The molecule has 1 heterocycles. The molecule has 1 fully saturated rings.